The van der Waals surface area contributed by atoms with Crippen LogP contribution in [0.2, 0.25) is 0 Å². The van der Waals surface area contributed by atoms with Crippen LogP contribution in [0.25, 0.3) is 0 Å². The summed E-state index contributed by atoms with van der Waals surface area (Å²) in [4.78, 5) is 81.7. The van der Waals surface area contributed by atoms with E-state index in [0.717, 1.165) is 25.5 Å². The molecule has 3 heterocycles. The highest BCUT2D eigenvalue weighted by atomic mass is 16.7. The van der Waals surface area contributed by atoms with Crippen LogP contribution in [0.5, 0.6) is 0 Å². The molecule has 0 bridgehead atoms. The number of nitrogens with zero attached hydrogens (tertiary/aromatic N) is 2. The number of unbranched alkanes of at least 4 members (excludes halogenated alkanes) is 1. The first-order chi connectivity index (χ1) is 33.7. The second-order valence-electron chi connectivity index (χ2n) is 19.6. The van der Waals surface area contributed by atoms with Gasteiger partial charge in [0, 0.05) is 53.3 Å². The van der Waals surface area contributed by atoms with Gasteiger partial charge in [-0.05, 0) is 97.8 Å². The Morgan fingerprint density at radius 2 is 1.65 bits per heavy atom. The predicted molar refractivity (Wildman–Crippen MR) is 257 cm³/mol. The van der Waals surface area contributed by atoms with E-state index in [9.17, 15) is 33.9 Å². The zero-order valence-electron chi connectivity index (χ0n) is 43.8. The van der Waals surface area contributed by atoms with Gasteiger partial charge in [0.1, 0.15) is 48.3 Å². The number of hydrogen-bond donors (Lipinski definition) is 1. The molecule has 15 atom stereocenters. The molecule has 3 aliphatic rings. The average molecular weight is 1010 g/mol. The number of benzene rings is 1. The van der Waals surface area contributed by atoms with Gasteiger partial charge in [-0.3, -0.25) is 28.9 Å². The zero-order chi connectivity index (χ0) is 52.4. The van der Waals surface area contributed by atoms with Gasteiger partial charge in [0.2, 0.25) is 0 Å². The molecule has 71 heavy (non-hydrogen) atoms. The number of aliphatic hydroxyl groups is 1. The van der Waals surface area contributed by atoms with E-state index in [2.05, 4.69) is 17.0 Å². The van der Waals surface area contributed by atoms with Crippen LogP contribution in [0.3, 0.4) is 0 Å². The fourth-order valence-electron chi connectivity index (χ4n) is 10.4. The molecule has 402 valence electrons. The van der Waals surface area contributed by atoms with E-state index in [4.69, 9.17) is 47.4 Å². The average Bonchev–Trinajstić information content (AvgIpc) is 3.29. The summed E-state index contributed by atoms with van der Waals surface area (Å²) in [6, 6.07) is 9.38. The number of carbonyl (C=O) groups excluding carboxylic acids is 6. The Bertz CT molecular complexity index is 1840. The van der Waals surface area contributed by atoms with Crippen molar-refractivity contribution in [3.05, 3.63) is 35.9 Å². The van der Waals surface area contributed by atoms with Crippen LogP contribution in [-0.4, -0.2) is 178 Å². The molecule has 0 amide bonds. The number of rotatable bonds is 19. The van der Waals surface area contributed by atoms with E-state index in [0.29, 0.717) is 26.1 Å². The van der Waals surface area contributed by atoms with Crippen molar-refractivity contribution in [2.45, 2.75) is 186 Å². The lowest BCUT2D eigenvalue weighted by molar-refractivity contribution is -0.341. The third-order valence-corrected chi connectivity index (χ3v) is 13.7. The van der Waals surface area contributed by atoms with Crippen molar-refractivity contribution in [2.24, 2.45) is 17.8 Å². The number of likely N-dealkylation sites (N-methyl/N-ethyl adjacent to an activating group) is 1. The van der Waals surface area contributed by atoms with Crippen molar-refractivity contribution in [1.29, 1.82) is 0 Å². The van der Waals surface area contributed by atoms with Crippen molar-refractivity contribution in [1.82, 2.24) is 9.80 Å². The number of aliphatic hydroxyl groups excluding tert-OH is 1. The summed E-state index contributed by atoms with van der Waals surface area (Å²) < 4.78 is 61.2. The molecule has 3 fully saturated rings. The minimum atomic E-state index is -1.45. The number of carbonyl (C=O) groups is 6. The number of methoxy groups -OCH3 is 1. The molecule has 0 spiro atoms. The summed E-state index contributed by atoms with van der Waals surface area (Å²) in [6.45, 7) is 14.7. The molecular weight excluding hydrogens is 925 g/mol. The number of ether oxygens (including phenoxy) is 10. The third kappa shape index (κ3) is 17.5. The summed E-state index contributed by atoms with van der Waals surface area (Å²) in [5, 5.41) is 12.4. The lowest BCUT2D eigenvalue weighted by atomic mass is 9.79. The molecule has 1 aromatic rings. The molecule has 19 heteroatoms. The monoisotopic (exact) mass is 1010 g/mol. The lowest BCUT2D eigenvalue weighted by Gasteiger charge is -2.50. The molecule has 0 aromatic heterocycles. The van der Waals surface area contributed by atoms with Crippen molar-refractivity contribution >= 4 is 36.1 Å². The van der Waals surface area contributed by atoms with Gasteiger partial charge in [0.05, 0.1) is 44.0 Å². The third-order valence-electron chi connectivity index (χ3n) is 13.7. The van der Waals surface area contributed by atoms with Gasteiger partial charge in [-0.15, -0.1) is 0 Å². The highest BCUT2D eigenvalue weighted by Crippen LogP contribution is 2.41. The summed E-state index contributed by atoms with van der Waals surface area (Å²) in [6.07, 6.45) is -7.16. The summed E-state index contributed by atoms with van der Waals surface area (Å²) in [5.41, 5.74) is -0.133. The van der Waals surface area contributed by atoms with Gasteiger partial charge in [-0.25, -0.2) is 0 Å². The van der Waals surface area contributed by atoms with Crippen LogP contribution in [0.1, 0.15) is 112 Å². The van der Waals surface area contributed by atoms with Gasteiger partial charge >= 0.3 is 29.8 Å². The number of esters is 5. The molecule has 0 saturated carbocycles. The van der Waals surface area contributed by atoms with Crippen LogP contribution in [0.4, 0.5) is 0 Å². The summed E-state index contributed by atoms with van der Waals surface area (Å²) in [5.74, 6) is -4.99. The fourth-order valence-corrected chi connectivity index (χ4v) is 10.4. The first-order valence-corrected chi connectivity index (χ1v) is 25.3. The smallest absolute Gasteiger partial charge is 0.315 e. The van der Waals surface area contributed by atoms with Crippen molar-refractivity contribution in [2.75, 3.05) is 54.1 Å². The van der Waals surface area contributed by atoms with Crippen LogP contribution < -0.4 is 0 Å². The maximum absolute atomic E-state index is 13.6. The van der Waals surface area contributed by atoms with Gasteiger partial charge in [0.15, 0.2) is 12.6 Å². The number of aryl methyl sites for hydroxylation is 1. The van der Waals surface area contributed by atoms with E-state index < -0.39 is 121 Å². The lowest BCUT2D eigenvalue weighted by Crippen LogP contribution is -2.66. The summed E-state index contributed by atoms with van der Waals surface area (Å²) in [7, 11) is 4.87. The number of aldehydes is 1. The van der Waals surface area contributed by atoms with Crippen LogP contribution in [0.15, 0.2) is 30.3 Å². The highest BCUT2D eigenvalue weighted by Gasteiger charge is 2.55. The first-order valence-electron chi connectivity index (χ1n) is 25.3. The molecule has 0 aliphatic carbocycles. The zero-order valence-corrected chi connectivity index (χ0v) is 43.8. The van der Waals surface area contributed by atoms with E-state index in [-0.39, 0.29) is 44.8 Å². The van der Waals surface area contributed by atoms with Crippen LogP contribution in [-0.2, 0) is 82.6 Å². The predicted octanol–water partition coefficient (Wildman–Crippen LogP) is 4.59. The highest BCUT2D eigenvalue weighted by molar-refractivity contribution is 5.76. The minimum absolute atomic E-state index is 0.0194. The standard InChI is InChI=1S/C52H82N2O17/c1-12-41(58)68-39-29-42(59)64-27-19-25-54(24-18-17-22-37-20-15-14-16-21-37)31-40(67-35(6)56)32(3)28-38(23-26-55)48(49(39)62-11)70-51-46(60)45(53(9)10)47(34(5)66-51)69-43-30-52(8,71-36(7)57)44(33(4)65-43)50(61)63-13-2/h14-16,20-21,26,32-34,38-40,43-49,51,60H,12-13,17-19,22-25,27-31H2,1-11H3/t32-,33+,34-,38+,39-,40+,43+,44-,45-,46-,47-,48+,49+,51+,52-/m1/s1. The second-order valence-corrected chi connectivity index (χ2v) is 19.6. The fraction of sp³-hybridized carbons (Fsp3) is 0.769. The van der Waals surface area contributed by atoms with Crippen molar-refractivity contribution < 1.29 is 81.2 Å². The van der Waals surface area contributed by atoms with Gasteiger partial charge in [-0.1, -0.05) is 44.2 Å². The van der Waals surface area contributed by atoms with E-state index in [1.165, 1.54) is 26.5 Å². The Morgan fingerprint density at radius 3 is 2.27 bits per heavy atom. The van der Waals surface area contributed by atoms with E-state index in [1.807, 2.05) is 25.1 Å². The molecule has 19 nitrogen and oxygen atoms in total. The molecule has 0 radical (unpaired) electrons. The Labute approximate surface area is 420 Å². The SMILES string of the molecule is CCOC(=O)[C@H]1[C@H](C)O[C@@H](O[C@H]2[C@H](N(C)C)[C@@H](O)[C@H](O[C@H]3[C@@H](CC=O)C[C@@H](C)[C@@H](OC(C)=O)CN(CCCCc4ccccc4)CCCOC(=O)C[C@@H](OC(=O)CC)[C@@H]3OC)O[C@@H]2C)C[C@@]1(C)OC(C)=O. The van der Waals surface area contributed by atoms with Crippen molar-refractivity contribution in [3.8, 4) is 0 Å². The van der Waals surface area contributed by atoms with Gasteiger partial charge in [-0.2, -0.15) is 0 Å². The summed E-state index contributed by atoms with van der Waals surface area (Å²) >= 11 is 0. The van der Waals surface area contributed by atoms with E-state index >= 15 is 0 Å². The molecule has 3 aliphatic heterocycles. The van der Waals surface area contributed by atoms with E-state index in [1.54, 1.807) is 53.6 Å². The normalized spacial score (nSPS) is 33.7. The largest absolute Gasteiger partial charge is 0.466 e. The number of hydrogen-bond acceptors (Lipinski definition) is 19. The van der Waals surface area contributed by atoms with Gasteiger partial charge < -0.3 is 62.2 Å². The maximum Gasteiger partial charge on any atom is 0.315 e. The Balaban J connectivity index is 1.70. The van der Waals surface area contributed by atoms with Gasteiger partial charge in [0.25, 0.3) is 0 Å². The first kappa shape index (κ1) is 59.5. The minimum Gasteiger partial charge on any atom is -0.466 e. The van der Waals surface area contributed by atoms with Crippen LogP contribution in [0, 0.1) is 17.8 Å². The quantitative estimate of drug-likeness (QED) is 0.0867. The molecular formula is C52H82N2O17. The van der Waals surface area contributed by atoms with Crippen molar-refractivity contribution in [3.63, 3.8) is 0 Å². The topological polar surface area (TPSA) is 221 Å². The Morgan fingerprint density at radius 1 is 0.930 bits per heavy atom. The van der Waals surface area contributed by atoms with Crippen LogP contribution >= 0.6 is 0 Å². The Hall–Kier alpha value is -4.08. The number of cyclic esters (lactones) is 1. The Kier molecular flexibility index (Phi) is 24.3. The molecule has 1 aromatic carbocycles. The maximum atomic E-state index is 13.6. The second kappa shape index (κ2) is 29.0. The molecule has 1 N–H and O–H groups in total. The molecule has 0 unspecified atom stereocenters. The molecule has 3 saturated heterocycles. The molecule has 4 rings (SSSR count).